The van der Waals surface area contributed by atoms with E-state index in [0.717, 1.165) is 38.0 Å². The van der Waals surface area contributed by atoms with Gasteiger partial charge in [0, 0.05) is 43.5 Å². The third kappa shape index (κ3) is 6.23. The molecule has 2 aromatic carbocycles. The van der Waals surface area contributed by atoms with E-state index in [4.69, 9.17) is 15.0 Å². The molecule has 1 aliphatic heterocycles. The summed E-state index contributed by atoms with van der Waals surface area (Å²) in [7, 11) is 0. The van der Waals surface area contributed by atoms with Crippen LogP contribution in [0, 0.1) is 11.7 Å². The first-order valence-corrected chi connectivity index (χ1v) is 12.9. The van der Waals surface area contributed by atoms with E-state index in [0.29, 0.717) is 40.9 Å². The maximum Gasteiger partial charge on any atom is 0.189 e. The van der Waals surface area contributed by atoms with Gasteiger partial charge in [-0.05, 0) is 55.4 Å². The highest BCUT2D eigenvalue weighted by Gasteiger charge is 2.18. The largest absolute Gasteiger partial charge is 0.382 e. The van der Waals surface area contributed by atoms with Crippen molar-refractivity contribution in [3.63, 3.8) is 0 Å². The molecule has 0 saturated carbocycles. The minimum atomic E-state index is -0.969. The van der Waals surface area contributed by atoms with Crippen molar-refractivity contribution in [3.8, 4) is 34.0 Å². The Morgan fingerprint density at radius 2 is 1.92 bits per heavy atom. The van der Waals surface area contributed by atoms with E-state index in [1.54, 1.807) is 24.4 Å². The SMILES string of the molecule is CC(F)CNCc1ccc(-c2cc(-c3nc(-c4ccc(CCC5CCOC5)cc4)cnc3N)on2)c(F)c1. The van der Waals surface area contributed by atoms with Gasteiger partial charge in [0.25, 0.3) is 0 Å². The van der Waals surface area contributed by atoms with Gasteiger partial charge in [-0.2, -0.15) is 0 Å². The van der Waals surface area contributed by atoms with Crippen LogP contribution >= 0.6 is 0 Å². The summed E-state index contributed by atoms with van der Waals surface area (Å²) in [5.41, 5.74) is 10.6. The number of hydrogen-bond acceptors (Lipinski definition) is 7. The molecule has 0 aliphatic carbocycles. The number of nitrogen functional groups attached to an aromatic ring is 1. The van der Waals surface area contributed by atoms with Crippen molar-refractivity contribution in [1.82, 2.24) is 20.4 Å². The predicted molar refractivity (Wildman–Crippen MR) is 142 cm³/mol. The molecule has 0 bridgehead atoms. The highest BCUT2D eigenvalue weighted by Crippen LogP contribution is 2.31. The zero-order valence-corrected chi connectivity index (χ0v) is 21.3. The Labute approximate surface area is 220 Å². The molecule has 0 spiro atoms. The van der Waals surface area contributed by atoms with Gasteiger partial charge in [-0.15, -0.1) is 0 Å². The van der Waals surface area contributed by atoms with Crippen molar-refractivity contribution < 1.29 is 18.0 Å². The molecule has 198 valence electrons. The molecule has 1 aliphatic rings. The van der Waals surface area contributed by atoms with Crippen molar-refractivity contribution in [2.75, 3.05) is 25.5 Å². The molecule has 4 aromatic rings. The van der Waals surface area contributed by atoms with Gasteiger partial charge in [-0.1, -0.05) is 35.5 Å². The summed E-state index contributed by atoms with van der Waals surface area (Å²) in [5.74, 6) is 0.678. The summed E-state index contributed by atoms with van der Waals surface area (Å²) in [6.07, 6.45) is 3.93. The molecule has 5 rings (SSSR count). The van der Waals surface area contributed by atoms with Crippen LogP contribution in [0.15, 0.2) is 59.3 Å². The van der Waals surface area contributed by atoms with E-state index in [-0.39, 0.29) is 17.9 Å². The first-order valence-electron chi connectivity index (χ1n) is 12.9. The molecular formula is C29H31F2N5O2. The summed E-state index contributed by atoms with van der Waals surface area (Å²) in [4.78, 5) is 8.97. The Balaban J connectivity index is 1.30. The van der Waals surface area contributed by atoms with Crippen molar-refractivity contribution >= 4 is 5.82 Å². The number of aromatic nitrogens is 3. The Morgan fingerprint density at radius 1 is 1.11 bits per heavy atom. The van der Waals surface area contributed by atoms with Gasteiger partial charge in [0.2, 0.25) is 0 Å². The molecule has 2 atom stereocenters. The molecule has 0 radical (unpaired) electrons. The average Bonchev–Trinajstić information content (AvgIpc) is 3.61. The van der Waals surface area contributed by atoms with E-state index < -0.39 is 12.0 Å². The molecule has 1 saturated heterocycles. The minimum Gasteiger partial charge on any atom is -0.382 e. The van der Waals surface area contributed by atoms with Crippen LogP contribution in [-0.2, 0) is 17.7 Å². The maximum atomic E-state index is 14.8. The van der Waals surface area contributed by atoms with Crippen LogP contribution in [0.25, 0.3) is 34.0 Å². The first kappa shape index (κ1) is 25.9. The summed E-state index contributed by atoms with van der Waals surface area (Å²) in [6.45, 7) is 3.77. The molecular weight excluding hydrogens is 488 g/mol. The lowest BCUT2D eigenvalue weighted by atomic mass is 9.98. The molecule has 2 aromatic heterocycles. The lowest BCUT2D eigenvalue weighted by Crippen LogP contribution is -2.21. The van der Waals surface area contributed by atoms with Gasteiger partial charge < -0.3 is 20.3 Å². The lowest BCUT2D eigenvalue weighted by Gasteiger charge is -2.08. The van der Waals surface area contributed by atoms with Gasteiger partial charge in [0.05, 0.1) is 11.9 Å². The number of alkyl halides is 1. The zero-order valence-electron chi connectivity index (χ0n) is 21.3. The number of nitrogens with zero attached hydrogens (tertiary/aromatic N) is 3. The Bertz CT molecular complexity index is 1370. The number of aryl methyl sites for hydroxylation is 1. The third-order valence-corrected chi connectivity index (χ3v) is 6.72. The molecule has 0 amide bonds. The second kappa shape index (κ2) is 11.8. The smallest absolute Gasteiger partial charge is 0.189 e. The van der Waals surface area contributed by atoms with Crippen LogP contribution in [0.2, 0.25) is 0 Å². The number of ether oxygens (including phenoxy) is 1. The van der Waals surface area contributed by atoms with Gasteiger partial charge in [0.15, 0.2) is 17.3 Å². The summed E-state index contributed by atoms with van der Waals surface area (Å²) in [6, 6.07) is 14.7. The van der Waals surface area contributed by atoms with Gasteiger partial charge in [-0.25, -0.2) is 18.7 Å². The Morgan fingerprint density at radius 3 is 2.66 bits per heavy atom. The van der Waals surface area contributed by atoms with Crippen molar-refractivity contribution in [3.05, 3.63) is 71.7 Å². The standard InChI is InChI=1S/C29H31F2N5O2/c1-18(30)14-33-15-21-6-9-23(24(31)12-21)25-13-27(38-36-25)28-29(32)34-16-26(35-28)22-7-4-19(5-8-22)2-3-20-10-11-37-17-20/h4-9,12-13,16,18,20,33H,2-3,10-11,14-15,17H2,1H3,(H2,32,34). The van der Waals surface area contributed by atoms with Crippen LogP contribution in [0.4, 0.5) is 14.6 Å². The van der Waals surface area contributed by atoms with E-state index in [2.05, 4.69) is 32.6 Å². The summed E-state index contributed by atoms with van der Waals surface area (Å²) < 4.78 is 38.8. The quantitative estimate of drug-likeness (QED) is 0.281. The van der Waals surface area contributed by atoms with Crippen molar-refractivity contribution in [1.29, 1.82) is 0 Å². The molecule has 7 nitrogen and oxygen atoms in total. The number of nitrogens with two attached hydrogens (primary N) is 1. The van der Waals surface area contributed by atoms with Gasteiger partial charge in [0.1, 0.15) is 17.7 Å². The first-order chi connectivity index (χ1) is 18.5. The fraction of sp³-hybridized carbons (Fsp3) is 0.345. The van der Waals surface area contributed by atoms with E-state index >= 15 is 0 Å². The van der Waals surface area contributed by atoms with E-state index in [1.165, 1.54) is 18.6 Å². The highest BCUT2D eigenvalue weighted by atomic mass is 19.1. The average molecular weight is 520 g/mol. The summed E-state index contributed by atoms with van der Waals surface area (Å²) >= 11 is 0. The van der Waals surface area contributed by atoms with E-state index in [1.807, 2.05) is 12.1 Å². The van der Waals surface area contributed by atoms with Crippen LogP contribution < -0.4 is 11.1 Å². The molecule has 9 heteroatoms. The van der Waals surface area contributed by atoms with Crippen LogP contribution in [-0.4, -0.2) is 41.1 Å². The fourth-order valence-corrected chi connectivity index (χ4v) is 4.55. The van der Waals surface area contributed by atoms with Gasteiger partial charge in [-0.3, -0.25) is 0 Å². The predicted octanol–water partition coefficient (Wildman–Crippen LogP) is 5.60. The van der Waals surface area contributed by atoms with E-state index in [9.17, 15) is 8.78 Å². The van der Waals surface area contributed by atoms with Crippen LogP contribution in [0.1, 0.15) is 30.9 Å². The van der Waals surface area contributed by atoms with Crippen LogP contribution in [0.3, 0.4) is 0 Å². The van der Waals surface area contributed by atoms with Crippen LogP contribution in [0.5, 0.6) is 0 Å². The Hall–Kier alpha value is -3.69. The Kier molecular flexibility index (Phi) is 8.05. The molecule has 2 unspecified atom stereocenters. The lowest BCUT2D eigenvalue weighted by molar-refractivity contribution is 0.184. The number of benzene rings is 2. The number of rotatable bonds is 10. The maximum absolute atomic E-state index is 14.8. The number of nitrogens with one attached hydrogen (secondary N) is 1. The normalized spacial score (nSPS) is 16.1. The fourth-order valence-electron chi connectivity index (χ4n) is 4.55. The zero-order chi connectivity index (χ0) is 26.5. The second-order valence-electron chi connectivity index (χ2n) is 9.76. The molecule has 1 fully saturated rings. The monoisotopic (exact) mass is 519 g/mol. The minimum absolute atomic E-state index is 0.191. The topological polar surface area (TPSA) is 99.1 Å². The van der Waals surface area contributed by atoms with Crippen molar-refractivity contribution in [2.45, 2.75) is 38.9 Å². The van der Waals surface area contributed by atoms with Gasteiger partial charge >= 0.3 is 0 Å². The van der Waals surface area contributed by atoms with Crippen molar-refractivity contribution in [2.24, 2.45) is 5.92 Å². The molecule has 3 heterocycles. The third-order valence-electron chi connectivity index (χ3n) is 6.72. The number of anilines is 1. The summed E-state index contributed by atoms with van der Waals surface area (Å²) in [5, 5.41) is 6.98. The highest BCUT2D eigenvalue weighted by molar-refractivity contribution is 5.73. The second-order valence-corrected chi connectivity index (χ2v) is 9.76. The number of hydrogen-bond donors (Lipinski definition) is 2. The number of halogens is 2. The molecule has 3 N–H and O–H groups in total. The molecule has 38 heavy (non-hydrogen) atoms.